The lowest BCUT2D eigenvalue weighted by Crippen LogP contribution is -2.48. The van der Waals surface area contributed by atoms with Crippen LogP contribution in [0.25, 0.3) is 0 Å². The first-order chi connectivity index (χ1) is 11.5. The summed E-state index contributed by atoms with van der Waals surface area (Å²) in [6.45, 7) is 28.3. The smallest absolute Gasteiger partial charge is 0.192 e. The highest BCUT2D eigenvalue weighted by atomic mass is 28.4. The van der Waals surface area contributed by atoms with Gasteiger partial charge in [-0.05, 0) is 55.0 Å². The van der Waals surface area contributed by atoms with Crippen LogP contribution in [0.2, 0.25) is 36.3 Å². The zero-order chi connectivity index (χ0) is 21.0. The molecule has 0 saturated heterocycles. The minimum absolute atomic E-state index is 0.119. The van der Waals surface area contributed by atoms with Crippen LogP contribution in [0.3, 0.4) is 0 Å². The van der Waals surface area contributed by atoms with Gasteiger partial charge in [0, 0.05) is 19.1 Å². The molecule has 0 aliphatic carbocycles. The highest BCUT2D eigenvalue weighted by Crippen LogP contribution is 2.40. The van der Waals surface area contributed by atoms with Crippen LogP contribution in [0.1, 0.15) is 68.2 Å². The lowest BCUT2D eigenvalue weighted by molar-refractivity contribution is 0.0408. The highest BCUT2D eigenvalue weighted by molar-refractivity contribution is 6.74. The van der Waals surface area contributed by atoms with Gasteiger partial charge in [0.25, 0.3) is 0 Å². The van der Waals surface area contributed by atoms with E-state index >= 15 is 0 Å². The van der Waals surface area contributed by atoms with E-state index in [0.29, 0.717) is 5.92 Å². The van der Waals surface area contributed by atoms with Crippen molar-refractivity contribution in [3.8, 4) is 0 Å². The average molecular weight is 405 g/mol. The number of hydrogen-bond acceptors (Lipinski definition) is 3. The van der Waals surface area contributed by atoms with Crippen molar-refractivity contribution in [2.75, 3.05) is 13.2 Å². The second kappa shape index (κ2) is 9.68. The molecule has 3 atom stereocenters. The third kappa shape index (κ3) is 7.74. The summed E-state index contributed by atoms with van der Waals surface area (Å²) in [7, 11) is -3.51. The minimum atomic E-state index is -1.85. The van der Waals surface area contributed by atoms with Gasteiger partial charge in [-0.2, -0.15) is 0 Å². The maximum Gasteiger partial charge on any atom is 0.192 e. The van der Waals surface area contributed by atoms with Gasteiger partial charge in [-0.25, -0.2) is 0 Å². The summed E-state index contributed by atoms with van der Waals surface area (Å²) in [6.07, 6.45) is 2.26. The molecule has 158 valence electrons. The number of rotatable bonds is 10. The van der Waals surface area contributed by atoms with E-state index in [2.05, 4.69) is 81.6 Å². The molecule has 0 fully saturated rings. The minimum Gasteiger partial charge on any atom is -0.417 e. The van der Waals surface area contributed by atoms with Crippen molar-refractivity contribution >= 4 is 16.6 Å². The molecule has 0 unspecified atom stereocenters. The van der Waals surface area contributed by atoms with Gasteiger partial charge in [0.1, 0.15) is 0 Å². The summed E-state index contributed by atoms with van der Waals surface area (Å²) in [5.41, 5.74) is 0. The van der Waals surface area contributed by atoms with Crippen LogP contribution in [0.4, 0.5) is 0 Å². The lowest BCUT2D eigenvalue weighted by Gasteiger charge is -2.42. The van der Waals surface area contributed by atoms with Crippen molar-refractivity contribution in [3.05, 3.63) is 0 Å². The lowest BCUT2D eigenvalue weighted by atomic mass is 9.91. The van der Waals surface area contributed by atoms with Crippen molar-refractivity contribution < 1.29 is 14.0 Å². The van der Waals surface area contributed by atoms with E-state index in [1.807, 2.05) is 0 Å². The second-order valence-electron chi connectivity index (χ2n) is 11.2. The molecule has 0 rings (SSSR count). The van der Waals surface area contributed by atoms with Gasteiger partial charge in [-0.1, -0.05) is 55.4 Å². The number of hydrogen-bond donors (Lipinski definition) is 1. The quantitative estimate of drug-likeness (QED) is 0.336. The molecule has 0 bridgehead atoms. The standard InChI is InChI=1S/C21H48O3Si2/c1-17(14-13-15-23-25(9,10)20(3,4)5)19(18(2)16-22)24-26(11,12)21(6,7)8/h17-19,22H,13-16H2,1-12H3/t17-,18-,19+/m0/s1. The Morgan fingerprint density at radius 2 is 1.27 bits per heavy atom. The number of aliphatic hydroxyl groups is 1. The van der Waals surface area contributed by atoms with Crippen LogP contribution in [0.5, 0.6) is 0 Å². The molecule has 1 N–H and O–H groups in total. The molecule has 0 aliphatic heterocycles. The molecular weight excluding hydrogens is 356 g/mol. The second-order valence-corrected chi connectivity index (χ2v) is 20.8. The van der Waals surface area contributed by atoms with Gasteiger partial charge in [0.2, 0.25) is 0 Å². The van der Waals surface area contributed by atoms with Crippen molar-refractivity contribution in [3.63, 3.8) is 0 Å². The average Bonchev–Trinajstić information content (AvgIpc) is 2.45. The van der Waals surface area contributed by atoms with Crippen molar-refractivity contribution in [1.82, 2.24) is 0 Å². The molecule has 0 radical (unpaired) electrons. The van der Waals surface area contributed by atoms with Crippen LogP contribution in [0.15, 0.2) is 0 Å². The van der Waals surface area contributed by atoms with E-state index in [0.717, 1.165) is 19.4 Å². The molecule has 0 saturated carbocycles. The fourth-order valence-corrected chi connectivity index (χ4v) is 5.11. The van der Waals surface area contributed by atoms with Crippen molar-refractivity contribution in [1.29, 1.82) is 0 Å². The van der Waals surface area contributed by atoms with Gasteiger partial charge in [-0.3, -0.25) is 0 Å². The van der Waals surface area contributed by atoms with E-state index in [1.165, 1.54) is 0 Å². The number of aliphatic hydroxyl groups excluding tert-OH is 1. The summed E-state index contributed by atoms with van der Waals surface area (Å²) < 4.78 is 13.0. The third-order valence-electron chi connectivity index (χ3n) is 6.72. The maximum absolute atomic E-state index is 9.74. The van der Waals surface area contributed by atoms with Crippen molar-refractivity contribution in [2.45, 2.75) is 111 Å². The predicted octanol–water partition coefficient (Wildman–Crippen LogP) is 6.44. The Balaban J connectivity index is 4.80. The van der Waals surface area contributed by atoms with Crippen molar-refractivity contribution in [2.24, 2.45) is 11.8 Å². The maximum atomic E-state index is 9.74. The monoisotopic (exact) mass is 404 g/mol. The van der Waals surface area contributed by atoms with E-state index in [1.54, 1.807) is 0 Å². The Bertz CT molecular complexity index is 408. The molecule has 0 spiro atoms. The molecule has 0 heterocycles. The predicted molar refractivity (Wildman–Crippen MR) is 120 cm³/mol. The molecule has 0 aromatic rings. The van der Waals surface area contributed by atoms with Crippen LogP contribution in [0, 0.1) is 11.8 Å². The Morgan fingerprint density at radius 3 is 1.65 bits per heavy atom. The van der Waals surface area contributed by atoms with Crippen LogP contribution in [-0.4, -0.2) is 41.1 Å². The zero-order valence-corrected chi connectivity index (χ0v) is 21.8. The van der Waals surface area contributed by atoms with Gasteiger partial charge >= 0.3 is 0 Å². The zero-order valence-electron chi connectivity index (χ0n) is 19.8. The van der Waals surface area contributed by atoms with Crippen LogP contribution >= 0.6 is 0 Å². The Kier molecular flexibility index (Phi) is 9.80. The topological polar surface area (TPSA) is 38.7 Å². The van der Waals surface area contributed by atoms with Crippen LogP contribution < -0.4 is 0 Å². The molecule has 3 nitrogen and oxygen atoms in total. The molecule has 0 aliphatic rings. The van der Waals surface area contributed by atoms with Gasteiger partial charge in [-0.15, -0.1) is 0 Å². The molecule has 26 heavy (non-hydrogen) atoms. The molecule has 5 heteroatoms. The summed E-state index contributed by atoms with van der Waals surface area (Å²) in [5, 5.41) is 10.2. The van der Waals surface area contributed by atoms with E-state index in [4.69, 9.17) is 8.85 Å². The Labute approximate surface area is 166 Å². The summed E-state index contributed by atoms with van der Waals surface area (Å²) in [4.78, 5) is 0. The first-order valence-corrected chi connectivity index (χ1v) is 16.2. The molecule has 0 aromatic carbocycles. The Hall–Kier alpha value is 0.314. The molecule has 0 amide bonds. The van der Waals surface area contributed by atoms with Gasteiger partial charge in [0.15, 0.2) is 16.6 Å². The largest absolute Gasteiger partial charge is 0.417 e. The van der Waals surface area contributed by atoms with Crippen LogP contribution in [-0.2, 0) is 8.85 Å². The normalized spacial score (nSPS) is 17.9. The van der Waals surface area contributed by atoms with Gasteiger partial charge < -0.3 is 14.0 Å². The van der Waals surface area contributed by atoms with Gasteiger partial charge in [0.05, 0.1) is 6.10 Å². The molecule has 0 aromatic heterocycles. The third-order valence-corrected chi connectivity index (χ3v) is 15.7. The molecular formula is C21H48O3Si2. The fourth-order valence-electron chi connectivity index (χ4n) is 2.53. The SMILES string of the molecule is C[C@@H](CO)[C@H](O[Si](C)(C)C(C)(C)C)[C@@H](C)CCCO[Si](C)(C)C(C)(C)C. The summed E-state index contributed by atoms with van der Waals surface area (Å²) in [5.74, 6) is 0.592. The fraction of sp³-hybridized carbons (Fsp3) is 1.00. The van der Waals surface area contributed by atoms with E-state index in [-0.39, 0.29) is 28.7 Å². The van der Waals surface area contributed by atoms with E-state index < -0.39 is 16.6 Å². The summed E-state index contributed by atoms with van der Waals surface area (Å²) >= 11 is 0. The first kappa shape index (κ1) is 26.3. The first-order valence-electron chi connectivity index (χ1n) is 10.4. The van der Waals surface area contributed by atoms with E-state index in [9.17, 15) is 5.11 Å². The summed E-state index contributed by atoms with van der Waals surface area (Å²) in [6, 6.07) is 0. The Morgan fingerprint density at radius 1 is 0.808 bits per heavy atom. The highest BCUT2D eigenvalue weighted by Gasteiger charge is 2.41.